The molecule has 0 spiro atoms. The van der Waals surface area contributed by atoms with Crippen LogP contribution in [0.4, 0.5) is 0 Å². The number of benzene rings is 1. The molecule has 0 radical (unpaired) electrons. The molecule has 124 valence electrons. The van der Waals surface area contributed by atoms with Gasteiger partial charge in [0.15, 0.2) is 17.5 Å². The third kappa shape index (κ3) is 3.35. The lowest BCUT2D eigenvalue weighted by Crippen LogP contribution is -2.53. The summed E-state index contributed by atoms with van der Waals surface area (Å²) in [7, 11) is 0. The molecule has 1 N–H and O–H groups in total. The van der Waals surface area contributed by atoms with Crippen molar-refractivity contribution >= 4 is 23.5 Å². The van der Waals surface area contributed by atoms with Crippen LogP contribution < -0.4 is 9.47 Å². The van der Waals surface area contributed by atoms with E-state index in [0.717, 1.165) is 0 Å². The summed E-state index contributed by atoms with van der Waals surface area (Å²) in [4.78, 5) is 25.0. The fourth-order valence-corrected chi connectivity index (χ4v) is 2.94. The summed E-state index contributed by atoms with van der Waals surface area (Å²) in [5.74, 6) is -0.376. The topological polar surface area (TPSA) is 85.3 Å². The van der Waals surface area contributed by atoms with E-state index >= 15 is 0 Å². The number of hydrogen-bond donors (Lipinski definition) is 1. The van der Waals surface area contributed by atoms with E-state index in [0.29, 0.717) is 41.9 Å². The Bertz CT molecular complexity index is 635. The van der Waals surface area contributed by atoms with Gasteiger partial charge in [-0.1, -0.05) is 11.6 Å². The average Bonchev–Trinajstić information content (AvgIpc) is 2.55. The number of carboxylic acids is 1. The van der Waals surface area contributed by atoms with Crippen LogP contribution in [-0.4, -0.2) is 60.9 Å². The van der Waals surface area contributed by atoms with Crippen molar-refractivity contribution in [2.45, 2.75) is 12.5 Å². The van der Waals surface area contributed by atoms with Gasteiger partial charge in [0.1, 0.15) is 13.2 Å². The highest BCUT2D eigenvalue weighted by molar-refractivity contribution is 6.32. The van der Waals surface area contributed by atoms with Gasteiger partial charge in [-0.25, -0.2) is 4.79 Å². The summed E-state index contributed by atoms with van der Waals surface area (Å²) in [6, 6.07) is 2.39. The molecular formula is C15H16ClNO6. The van der Waals surface area contributed by atoms with Gasteiger partial charge in [-0.2, -0.15) is 0 Å². The molecular weight excluding hydrogens is 326 g/mol. The van der Waals surface area contributed by atoms with Gasteiger partial charge in [0, 0.05) is 6.54 Å². The Morgan fingerprint density at radius 1 is 1.26 bits per heavy atom. The Balaban J connectivity index is 1.77. The first-order valence-electron chi connectivity index (χ1n) is 7.24. The predicted molar refractivity (Wildman–Crippen MR) is 80.1 cm³/mol. The molecule has 0 aromatic heterocycles. The Morgan fingerprint density at radius 2 is 2.04 bits per heavy atom. The molecule has 1 atom stereocenters. The summed E-state index contributed by atoms with van der Waals surface area (Å²) in [6.07, 6.45) is 0.0418. The lowest BCUT2D eigenvalue weighted by atomic mass is 10.1. The molecule has 7 nitrogen and oxygen atoms in total. The van der Waals surface area contributed by atoms with E-state index in [1.165, 1.54) is 4.90 Å². The molecule has 1 aromatic rings. The van der Waals surface area contributed by atoms with Crippen LogP contribution in [0.3, 0.4) is 0 Å². The second-order valence-corrected chi connectivity index (χ2v) is 5.70. The first-order valence-corrected chi connectivity index (χ1v) is 7.62. The van der Waals surface area contributed by atoms with Crippen LogP contribution in [0.1, 0.15) is 5.56 Å². The normalized spacial score (nSPS) is 20.2. The Hall–Kier alpha value is -1.99. The summed E-state index contributed by atoms with van der Waals surface area (Å²) < 4.78 is 16.1. The van der Waals surface area contributed by atoms with E-state index in [2.05, 4.69) is 0 Å². The maximum atomic E-state index is 12.5. The van der Waals surface area contributed by atoms with E-state index in [4.69, 9.17) is 25.8 Å². The van der Waals surface area contributed by atoms with Gasteiger partial charge in [0.05, 0.1) is 24.7 Å². The number of carbonyl (C=O) groups excluding carboxylic acids is 1. The smallest absolute Gasteiger partial charge is 0.328 e. The first kappa shape index (κ1) is 15.9. The molecule has 2 heterocycles. The third-order valence-electron chi connectivity index (χ3n) is 3.75. The van der Waals surface area contributed by atoms with Crippen molar-refractivity contribution in [3.05, 3.63) is 22.7 Å². The van der Waals surface area contributed by atoms with Crippen molar-refractivity contribution in [3.8, 4) is 11.5 Å². The molecule has 0 aliphatic carbocycles. The molecule has 2 aliphatic heterocycles. The zero-order chi connectivity index (χ0) is 16.4. The van der Waals surface area contributed by atoms with E-state index in [1.807, 2.05) is 0 Å². The van der Waals surface area contributed by atoms with Gasteiger partial charge in [-0.05, 0) is 17.7 Å². The lowest BCUT2D eigenvalue weighted by molar-refractivity contribution is -0.158. The van der Waals surface area contributed by atoms with E-state index in [1.54, 1.807) is 12.1 Å². The zero-order valence-corrected chi connectivity index (χ0v) is 13.0. The van der Waals surface area contributed by atoms with Crippen molar-refractivity contribution in [2.24, 2.45) is 0 Å². The fraction of sp³-hybridized carbons (Fsp3) is 0.467. The molecule has 1 aromatic carbocycles. The quantitative estimate of drug-likeness (QED) is 0.881. The monoisotopic (exact) mass is 341 g/mol. The van der Waals surface area contributed by atoms with E-state index in [9.17, 15) is 14.7 Å². The van der Waals surface area contributed by atoms with Crippen molar-refractivity contribution in [1.29, 1.82) is 0 Å². The van der Waals surface area contributed by atoms with Crippen molar-refractivity contribution < 1.29 is 28.9 Å². The highest BCUT2D eigenvalue weighted by atomic mass is 35.5. The van der Waals surface area contributed by atoms with Crippen LogP contribution in [0.25, 0.3) is 0 Å². The summed E-state index contributed by atoms with van der Waals surface area (Å²) in [6.45, 7) is 1.44. The molecule has 2 aliphatic rings. The number of morpholine rings is 1. The Labute approximate surface area is 137 Å². The van der Waals surface area contributed by atoms with Crippen LogP contribution in [0.15, 0.2) is 12.1 Å². The van der Waals surface area contributed by atoms with Gasteiger partial charge < -0.3 is 24.2 Å². The summed E-state index contributed by atoms with van der Waals surface area (Å²) in [5.41, 5.74) is 0.653. The van der Waals surface area contributed by atoms with Crippen molar-refractivity contribution in [1.82, 2.24) is 4.90 Å². The van der Waals surface area contributed by atoms with Gasteiger partial charge in [-0.15, -0.1) is 0 Å². The molecule has 1 saturated heterocycles. The van der Waals surface area contributed by atoms with Crippen LogP contribution in [0.5, 0.6) is 11.5 Å². The van der Waals surface area contributed by atoms with Crippen LogP contribution >= 0.6 is 11.6 Å². The number of halogens is 1. The molecule has 23 heavy (non-hydrogen) atoms. The molecule has 3 rings (SSSR count). The van der Waals surface area contributed by atoms with E-state index < -0.39 is 12.0 Å². The van der Waals surface area contributed by atoms with Gasteiger partial charge in [-0.3, -0.25) is 4.79 Å². The van der Waals surface area contributed by atoms with Gasteiger partial charge >= 0.3 is 5.97 Å². The number of amides is 1. The molecule has 8 heteroatoms. The highest BCUT2D eigenvalue weighted by Gasteiger charge is 2.32. The number of aliphatic carboxylic acids is 1. The number of nitrogens with zero attached hydrogens (tertiary/aromatic N) is 1. The second kappa shape index (κ2) is 6.64. The van der Waals surface area contributed by atoms with Crippen LogP contribution in [0, 0.1) is 0 Å². The average molecular weight is 342 g/mol. The Kier molecular flexibility index (Phi) is 4.58. The number of carboxylic acid groups (broad SMARTS) is 1. The van der Waals surface area contributed by atoms with Crippen LogP contribution in [-0.2, 0) is 20.7 Å². The van der Waals surface area contributed by atoms with Crippen molar-refractivity contribution in [3.63, 3.8) is 0 Å². The minimum absolute atomic E-state index is 0.00294. The minimum Gasteiger partial charge on any atom is -0.486 e. The number of rotatable bonds is 3. The Morgan fingerprint density at radius 3 is 2.83 bits per heavy atom. The summed E-state index contributed by atoms with van der Waals surface area (Å²) >= 11 is 6.15. The number of fused-ring (bicyclic) bond motifs is 1. The molecule has 0 bridgehead atoms. The van der Waals surface area contributed by atoms with Crippen LogP contribution in [0.2, 0.25) is 5.02 Å². The maximum Gasteiger partial charge on any atom is 0.328 e. The maximum absolute atomic E-state index is 12.5. The molecule has 0 saturated carbocycles. The minimum atomic E-state index is -1.07. The van der Waals surface area contributed by atoms with Gasteiger partial charge in [0.25, 0.3) is 0 Å². The van der Waals surface area contributed by atoms with E-state index in [-0.39, 0.29) is 25.5 Å². The lowest BCUT2D eigenvalue weighted by Gasteiger charge is -2.33. The predicted octanol–water partition coefficient (Wildman–Crippen LogP) is 0.966. The largest absolute Gasteiger partial charge is 0.486 e. The molecule has 0 unspecified atom stereocenters. The zero-order valence-electron chi connectivity index (χ0n) is 12.3. The van der Waals surface area contributed by atoms with Gasteiger partial charge in [0.2, 0.25) is 5.91 Å². The second-order valence-electron chi connectivity index (χ2n) is 5.29. The van der Waals surface area contributed by atoms with Crippen molar-refractivity contribution in [2.75, 3.05) is 33.0 Å². The fourth-order valence-electron chi connectivity index (χ4n) is 2.65. The summed E-state index contributed by atoms with van der Waals surface area (Å²) in [5, 5.41) is 9.57. The third-order valence-corrected chi connectivity index (χ3v) is 4.03. The SMILES string of the molecule is O=C(O)[C@H]1COCCN1C(=O)Cc1cc(Cl)c2c(c1)OCCO2. The number of ether oxygens (including phenoxy) is 3. The highest BCUT2D eigenvalue weighted by Crippen LogP contribution is 2.38. The first-order chi connectivity index (χ1) is 11.1. The number of carbonyl (C=O) groups is 2. The molecule has 1 fully saturated rings. The molecule has 1 amide bonds. The number of hydrogen-bond acceptors (Lipinski definition) is 5. The standard InChI is InChI=1S/C15H16ClNO6/c16-10-5-9(6-12-14(10)23-4-3-22-12)7-13(18)17-1-2-21-8-11(17)15(19)20/h5-6,11H,1-4,7-8H2,(H,19,20)/t11-/m1/s1.